The van der Waals surface area contributed by atoms with Crippen LogP contribution in [-0.2, 0) is 9.53 Å². The Bertz CT molecular complexity index is 1040. The van der Waals surface area contributed by atoms with Crippen LogP contribution in [0, 0.1) is 6.92 Å². The Morgan fingerprint density at radius 1 is 1.06 bits per heavy atom. The molecule has 8 nitrogen and oxygen atoms in total. The predicted octanol–water partition coefficient (Wildman–Crippen LogP) is 2.61. The number of benzene rings is 2. The fourth-order valence-electron chi connectivity index (χ4n) is 4.35. The second kappa shape index (κ2) is 9.95. The maximum Gasteiger partial charge on any atom is 0.338 e. The molecule has 2 aliphatic heterocycles. The van der Waals surface area contributed by atoms with Crippen LogP contribution in [0.15, 0.2) is 59.8 Å². The zero-order valence-electron chi connectivity index (χ0n) is 19.3. The van der Waals surface area contributed by atoms with Gasteiger partial charge < -0.3 is 25.0 Å². The minimum atomic E-state index is -0.597. The summed E-state index contributed by atoms with van der Waals surface area (Å²) in [6.07, 6.45) is 0. The summed E-state index contributed by atoms with van der Waals surface area (Å²) >= 11 is 0. The molecule has 0 radical (unpaired) electrons. The number of amides is 2. The first-order valence-electron chi connectivity index (χ1n) is 11.1. The molecule has 2 amide bonds. The number of nitrogens with zero attached hydrogens (tertiary/aromatic N) is 2. The topological polar surface area (TPSA) is 83.1 Å². The maximum absolute atomic E-state index is 12.8. The molecule has 0 saturated carbocycles. The van der Waals surface area contributed by atoms with Gasteiger partial charge in [-0.3, -0.25) is 4.90 Å². The van der Waals surface area contributed by atoms with Crippen LogP contribution in [0.25, 0.3) is 0 Å². The monoisotopic (exact) mass is 450 g/mol. The molecule has 0 spiro atoms. The first-order chi connectivity index (χ1) is 16.0. The number of esters is 1. The molecule has 33 heavy (non-hydrogen) atoms. The number of urea groups is 1. The van der Waals surface area contributed by atoms with Gasteiger partial charge in [0.25, 0.3) is 0 Å². The lowest BCUT2D eigenvalue weighted by molar-refractivity contribution is -0.136. The first kappa shape index (κ1) is 22.7. The van der Waals surface area contributed by atoms with Gasteiger partial charge in [0.05, 0.1) is 25.8 Å². The fraction of sp³-hybridized carbons (Fsp3) is 0.360. The Labute approximate surface area is 194 Å². The van der Waals surface area contributed by atoms with Gasteiger partial charge in [-0.25, -0.2) is 9.59 Å². The van der Waals surface area contributed by atoms with Gasteiger partial charge in [0.15, 0.2) is 0 Å². The SMILES string of the molecule is COC(=O)C1=C(CN2CCN(c3cccc(C)c3)CC2)NC(=O)N[C@@H]1c1ccc(OC)cc1. The van der Waals surface area contributed by atoms with Crippen LogP contribution in [0.1, 0.15) is 17.2 Å². The number of carbonyl (C=O) groups excluding carboxylic acids is 2. The van der Waals surface area contributed by atoms with E-state index in [1.54, 1.807) is 7.11 Å². The number of anilines is 1. The zero-order valence-corrected chi connectivity index (χ0v) is 19.3. The third kappa shape index (κ3) is 5.12. The summed E-state index contributed by atoms with van der Waals surface area (Å²) in [6.45, 7) is 5.95. The highest BCUT2D eigenvalue weighted by atomic mass is 16.5. The van der Waals surface area contributed by atoms with Crippen LogP contribution in [0.5, 0.6) is 5.75 Å². The molecule has 8 heteroatoms. The van der Waals surface area contributed by atoms with Crippen molar-refractivity contribution in [2.75, 3.05) is 51.8 Å². The number of rotatable bonds is 6. The second-order valence-electron chi connectivity index (χ2n) is 8.29. The van der Waals surface area contributed by atoms with E-state index in [9.17, 15) is 9.59 Å². The summed E-state index contributed by atoms with van der Waals surface area (Å²) in [7, 11) is 2.95. The van der Waals surface area contributed by atoms with Crippen LogP contribution in [0.3, 0.4) is 0 Å². The third-order valence-electron chi connectivity index (χ3n) is 6.13. The smallest absolute Gasteiger partial charge is 0.338 e. The Morgan fingerprint density at radius 3 is 2.42 bits per heavy atom. The van der Waals surface area contributed by atoms with Gasteiger partial charge >= 0.3 is 12.0 Å². The van der Waals surface area contributed by atoms with Gasteiger partial charge in [-0.05, 0) is 42.3 Å². The van der Waals surface area contributed by atoms with E-state index in [0.29, 0.717) is 23.6 Å². The molecule has 174 valence electrons. The van der Waals surface area contributed by atoms with Crippen molar-refractivity contribution < 1.29 is 19.1 Å². The zero-order chi connectivity index (χ0) is 23.4. The summed E-state index contributed by atoms with van der Waals surface area (Å²) < 4.78 is 10.3. The highest BCUT2D eigenvalue weighted by Crippen LogP contribution is 2.29. The van der Waals surface area contributed by atoms with Crippen molar-refractivity contribution in [1.29, 1.82) is 0 Å². The van der Waals surface area contributed by atoms with E-state index >= 15 is 0 Å². The molecule has 2 aliphatic rings. The molecule has 0 aromatic heterocycles. The van der Waals surface area contributed by atoms with Crippen molar-refractivity contribution in [1.82, 2.24) is 15.5 Å². The fourth-order valence-corrected chi connectivity index (χ4v) is 4.35. The highest BCUT2D eigenvalue weighted by Gasteiger charge is 2.34. The van der Waals surface area contributed by atoms with Crippen LogP contribution in [0.2, 0.25) is 0 Å². The Morgan fingerprint density at radius 2 is 1.79 bits per heavy atom. The number of methoxy groups -OCH3 is 2. The summed E-state index contributed by atoms with van der Waals surface area (Å²) in [4.78, 5) is 29.9. The Hall–Kier alpha value is -3.52. The number of hydrogen-bond donors (Lipinski definition) is 2. The normalized spacial score (nSPS) is 19.1. The van der Waals surface area contributed by atoms with E-state index in [1.807, 2.05) is 24.3 Å². The number of hydrogen-bond acceptors (Lipinski definition) is 6. The van der Waals surface area contributed by atoms with Crippen molar-refractivity contribution in [2.45, 2.75) is 13.0 Å². The lowest BCUT2D eigenvalue weighted by Gasteiger charge is -2.38. The molecule has 2 aromatic rings. The van der Waals surface area contributed by atoms with E-state index in [4.69, 9.17) is 9.47 Å². The molecule has 2 heterocycles. The van der Waals surface area contributed by atoms with Gasteiger partial charge in [0.1, 0.15) is 5.75 Å². The van der Waals surface area contributed by atoms with Gasteiger partial charge in [-0.15, -0.1) is 0 Å². The van der Waals surface area contributed by atoms with Gasteiger partial charge in [-0.2, -0.15) is 0 Å². The molecule has 1 fully saturated rings. The van der Waals surface area contributed by atoms with Crippen molar-refractivity contribution >= 4 is 17.7 Å². The van der Waals surface area contributed by atoms with Gasteiger partial charge in [0.2, 0.25) is 0 Å². The number of nitrogens with one attached hydrogen (secondary N) is 2. The number of aryl methyl sites for hydroxylation is 1. The molecule has 0 bridgehead atoms. The van der Waals surface area contributed by atoms with E-state index in [0.717, 1.165) is 31.7 Å². The lowest BCUT2D eigenvalue weighted by Crippen LogP contribution is -2.51. The van der Waals surface area contributed by atoms with Crippen LogP contribution >= 0.6 is 0 Å². The molecular weight excluding hydrogens is 420 g/mol. The van der Waals surface area contributed by atoms with Crippen molar-refractivity contribution in [2.24, 2.45) is 0 Å². The van der Waals surface area contributed by atoms with Crippen molar-refractivity contribution in [3.05, 3.63) is 70.9 Å². The molecule has 0 unspecified atom stereocenters. The minimum absolute atomic E-state index is 0.336. The molecular formula is C25H30N4O4. The molecule has 4 rings (SSSR count). The average Bonchev–Trinajstić information content (AvgIpc) is 2.84. The minimum Gasteiger partial charge on any atom is -0.497 e. The van der Waals surface area contributed by atoms with Crippen LogP contribution in [-0.4, -0.2) is 63.8 Å². The largest absolute Gasteiger partial charge is 0.497 e. The predicted molar refractivity (Wildman–Crippen MR) is 126 cm³/mol. The first-order valence-corrected chi connectivity index (χ1v) is 11.1. The van der Waals surface area contributed by atoms with Crippen molar-refractivity contribution in [3.63, 3.8) is 0 Å². The summed E-state index contributed by atoms with van der Waals surface area (Å²) in [5.41, 5.74) is 4.25. The van der Waals surface area contributed by atoms with E-state index in [-0.39, 0.29) is 6.03 Å². The number of carbonyl (C=O) groups is 2. The Kier molecular flexibility index (Phi) is 6.84. The van der Waals surface area contributed by atoms with E-state index < -0.39 is 12.0 Å². The summed E-state index contributed by atoms with van der Waals surface area (Å²) in [5, 5.41) is 5.71. The number of ether oxygens (including phenoxy) is 2. The van der Waals surface area contributed by atoms with Crippen LogP contribution in [0.4, 0.5) is 10.5 Å². The summed E-state index contributed by atoms with van der Waals surface area (Å²) in [5.74, 6) is 0.242. The standard InChI is InChI=1S/C25H30N4O4/c1-17-5-4-6-19(15-17)29-13-11-28(12-14-29)16-21-22(24(30)33-3)23(27-25(31)26-21)18-7-9-20(32-2)10-8-18/h4-10,15,23H,11-14,16H2,1-3H3,(H2,26,27,31)/t23-/m1/s1. The third-order valence-corrected chi connectivity index (χ3v) is 6.13. The molecule has 2 N–H and O–H groups in total. The lowest BCUT2D eigenvalue weighted by atomic mass is 9.95. The summed E-state index contributed by atoms with van der Waals surface area (Å²) in [6, 6.07) is 14.9. The van der Waals surface area contributed by atoms with Gasteiger partial charge in [0, 0.05) is 44.1 Å². The maximum atomic E-state index is 12.8. The highest BCUT2D eigenvalue weighted by molar-refractivity contribution is 5.95. The Balaban J connectivity index is 1.54. The molecule has 0 aliphatic carbocycles. The molecule has 1 saturated heterocycles. The van der Waals surface area contributed by atoms with Crippen molar-refractivity contribution in [3.8, 4) is 5.75 Å². The van der Waals surface area contributed by atoms with Crippen LogP contribution < -0.4 is 20.3 Å². The molecule has 1 atom stereocenters. The quantitative estimate of drug-likeness (QED) is 0.659. The van der Waals surface area contributed by atoms with Gasteiger partial charge in [-0.1, -0.05) is 24.3 Å². The van der Waals surface area contributed by atoms with E-state index in [2.05, 4.69) is 51.6 Å². The van der Waals surface area contributed by atoms with E-state index in [1.165, 1.54) is 18.4 Å². The second-order valence-corrected chi connectivity index (χ2v) is 8.29. The molecule has 2 aromatic carbocycles. The average molecular weight is 451 g/mol. The number of piperazine rings is 1.